The van der Waals surface area contributed by atoms with Crippen LogP contribution in [0.25, 0.3) is 0 Å². The highest BCUT2D eigenvalue weighted by Crippen LogP contribution is 2.34. The summed E-state index contributed by atoms with van der Waals surface area (Å²) in [5.74, 6) is -2.87. The highest BCUT2D eigenvalue weighted by molar-refractivity contribution is 5.95. The number of esters is 1. The van der Waals surface area contributed by atoms with Crippen molar-refractivity contribution in [2.45, 2.75) is 37.6 Å². The molecule has 0 saturated heterocycles. The average molecular weight is 504 g/mol. The molecule has 0 unspecified atom stereocenters. The number of nitro benzene ring substituents is 1. The summed E-state index contributed by atoms with van der Waals surface area (Å²) in [4.78, 5) is 49.7. The first-order chi connectivity index (χ1) is 17.7. The zero-order valence-corrected chi connectivity index (χ0v) is 20.6. The number of amides is 2. The van der Waals surface area contributed by atoms with E-state index in [-0.39, 0.29) is 18.7 Å². The van der Waals surface area contributed by atoms with Gasteiger partial charge in [0.05, 0.1) is 23.4 Å². The van der Waals surface area contributed by atoms with E-state index in [4.69, 9.17) is 10.5 Å². The lowest BCUT2D eigenvalue weighted by Crippen LogP contribution is -2.54. The lowest BCUT2D eigenvalue weighted by atomic mass is 9.75. The number of nitrogens with zero attached hydrogens (tertiary/aromatic N) is 1. The lowest BCUT2D eigenvalue weighted by Gasteiger charge is -2.33. The standard InChI is InChI=1S/C28H29N3O6/c1-3-37-24(32)18-23(19-14-16-22(17-15-19)31(35)36)25(26(29)33)30-27(34)28(2,20-10-6-4-7-11-20)21-12-8-5-9-13-21/h4-17,23,25H,3,18H2,1-2H3,(H2,29,33)(H,30,34)/t23-,25-/m0/s1. The van der Waals surface area contributed by atoms with E-state index in [1.165, 1.54) is 24.3 Å². The quantitative estimate of drug-likeness (QED) is 0.233. The highest BCUT2D eigenvalue weighted by atomic mass is 16.6. The molecule has 37 heavy (non-hydrogen) atoms. The van der Waals surface area contributed by atoms with Gasteiger partial charge in [-0.1, -0.05) is 72.8 Å². The summed E-state index contributed by atoms with van der Waals surface area (Å²) in [7, 11) is 0. The monoisotopic (exact) mass is 503 g/mol. The third-order valence-electron chi connectivity index (χ3n) is 6.38. The average Bonchev–Trinajstić information content (AvgIpc) is 2.91. The first-order valence-electron chi connectivity index (χ1n) is 11.8. The number of hydrogen-bond acceptors (Lipinski definition) is 6. The smallest absolute Gasteiger partial charge is 0.306 e. The van der Waals surface area contributed by atoms with Crippen molar-refractivity contribution in [2.75, 3.05) is 6.61 Å². The lowest BCUT2D eigenvalue weighted by molar-refractivity contribution is -0.384. The van der Waals surface area contributed by atoms with E-state index >= 15 is 0 Å². The van der Waals surface area contributed by atoms with Crippen LogP contribution in [0.1, 0.15) is 42.9 Å². The van der Waals surface area contributed by atoms with Gasteiger partial charge >= 0.3 is 5.97 Å². The van der Waals surface area contributed by atoms with Crippen LogP contribution in [0.4, 0.5) is 5.69 Å². The van der Waals surface area contributed by atoms with E-state index in [1.54, 1.807) is 13.8 Å². The van der Waals surface area contributed by atoms with E-state index in [0.717, 1.165) is 0 Å². The molecular formula is C28H29N3O6. The molecule has 192 valence electrons. The molecule has 0 aliphatic heterocycles. The van der Waals surface area contributed by atoms with Crippen molar-refractivity contribution >= 4 is 23.5 Å². The molecule has 0 aliphatic carbocycles. The molecule has 9 heteroatoms. The molecule has 0 radical (unpaired) electrons. The Morgan fingerprint density at radius 3 is 1.89 bits per heavy atom. The maximum atomic E-state index is 13.9. The van der Waals surface area contributed by atoms with Gasteiger partial charge in [-0.2, -0.15) is 0 Å². The summed E-state index contributed by atoms with van der Waals surface area (Å²) in [5.41, 5.74) is 6.22. The summed E-state index contributed by atoms with van der Waals surface area (Å²) in [5, 5.41) is 13.9. The Hall–Kier alpha value is -4.53. The van der Waals surface area contributed by atoms with E-state index in [1.807, 2.05) is 60.7 Å². The predicted molar refractivity (Wildman–Crippen MR) is 138 cm³/mol. The number of nitro groups is 1. The zero-order chi connectivity index (χ0) is 27.0. The fourth-order valence-corrected chi connectivity index (χ4v) is 4.30. The molecule has 9 nitrogen and oxygen atoms in total. The molecule has 3 N–H and O–H groups in total. The molecule has 0 fully saturated rings. The number of nitrogens with two attached hydrogens (primary N) is 1. The van der Waals surface area contributed by atoms with Crippen LogP contribution in [-0.4, -0.2) is 35.4 Å². The molecule has 3 rings (SSSR count). The Morgan fingerprint density at radius 1 is 0.946 bits per heavy atom. The Kier molecular flexibility index (Phi) is 8.73. The molecule has 0 spiro atoms. The van der Waals surface area contributed by atoms with E-state index < -0.39 is 40.1 Å². The molecular weight excluding hydrogens is 474 g/mol. The predicted octanol–water partition coefficient (Wildman–Crippen LogP) is 3.61. The molecule has 2 atom stereocenters. The summed E-state index contributed by atoms with van der Waals surface area (Å²) in [6.45, 7) is 3.52. The van der Waals surface area contributed by atoms with Crippen LogP contribution in [0.2, 0.25) is 0 Å². The van der Waals surface area contributed by atoms with E-state index in [9.17, 15) is 24.5 Å². The van der Waals surface area contributed by atoms with Crippen molar-refractivity contribution in [1.82, 2.24) is 5.32 Å². The second-order valence-corrected chi connectivity index (χ2v) is 8.67. The molecule has 0 saturated carbocycles. The van der Waals surface area contributed by atoms with Gasteiger partial charge in [-0.15, -0.1) is 0 Å². The van der Waals surface area contributed by atoms with Crippen LogP contribution in [0.3, 0.4) is 0 Å². The molecule has 3 aromatic rings. The van der Waals surface area contributed by atoms with Gasteiger partial charge in [0, 0.05) is 18.1 Å². The number of hydrogen-bond donors (Lipinski definition) is 2. The van der Waals surface area contributed by atoms with Crippen molar-refractivity contribution in [3.63, 3.8) is 0 Å². The van der Waals surface area contributed by atoms with Crippen LogP contribution in [0.15, 0.2) is 84.9 Å². The third kappa shape index (κ3) is 6.19. The first kappa shape index (κ1) is 27.1. The SMILES string of the molecule is CCOC(=O)C[C@@H](c1ccc([N+](=O)[O-])cc1)[C@H](NC(=O)C(C)(c1ccccc1)c1ccccc1)C(N)=O. The van der Waals surface area contributed by atoms with Crippen LogP contribution in [0.5, 0.6) is 0 Å². The maximum absolute atomic E-state index is 13.9. The van der Waals surface area contributed by atoms with Gasteiger partial charge in [0.15, 0.2) is 0 Å². The molecule has 0 aromatic heterocycles. The van der Waals surface area contributed by atoms with Crippen LogP contribution in [-0.2, 0) is 24.5 Å². The van der Waals surface area contributed by atoms with Gasteiger partial charge in [0.2, 0.25) is 11.8 Å². The number of primary amides is 1. The summed E-state index contributed by atoms with van der Waals surface area (Å²) >= 11 is 0. The number of rotatable bonds is 11. The summed E-state index contributed by atoms with van der Waals surface area (Å²) in [6, 6.07) is 22.3. The molecule has 0 bridgehead atoms. The van der Waals surface area contributed by atoms with Crippen molar-refractivity contribution in [3.05, 3.63) is 112 Å². The van der Waals surface area contributed by atoms with Gasteiger partial charge in [-0.25, -0.2) is 0 Å². The van der Waals surface area contributed by atoms with Crippen LogP contribution >= 0.6 is 0 Å². The van der Waals surface area contributed by atoms with E-state index in [2.05, 4.69) is 5.32 Å². The Bertz CT molecular complexity index is 1210. The summed E-state index contributed by atoms with van der Waals surface area (Å²) < 4.78 is 5.08. The number of carbonyl (C=O) groups excluding carboxylic acids is 3. The van der Waals surface area contributed by atoms with Crippen LogP contribution < -0.4 is 11.1 Å². The summed E-state index contributed by atoms with van der Waals surface area (Å²) in [6.07, 6.45) is -0.271. The number of nitrogens with one attached hydrogen (secondary N) is 1. The zero-order valence-electron chi connectivity index (χ0n) is 20.6. The topological polar surface area (TPSA) is 142 Å². The molecule has 3 aromatic carbocycles. The first-order valence-corrected chi connectivity index (χ1v) is 11.8. The van der Waals surface area contributed by atoms with Gasteiger partial charge in [-0.05, 0) is 30.5 Å². The Morgan fingerprint density at radius 2 is 1.46 bits per heavy atom. The Balaban J connectivity index is 2.05. The largest absolute Gasteiger partial charge is 0.466 e. The van der Waals surface area contributed by atoms with Gasteiger partial charge in [0.1, 0.15) is 6.04 Å². The van der Waals surface area contributed by atoms with Crippen molar-refractivity contribution in [2.24, 2.45) is 5.73 Å². The number of carbonyl (C=O) groups is 3. The minimum atomic E-state index is -1.30. The number of non-ortho nitro benzene ring substituents is 1. The highest BCUT2D eigenvalue weighted by Gasteiger charge is 2.41. The minimum absolute atomic E-state index is 0.125. The van der Waals surface area contributed by atoms with E-state index in [0.29, 0.717) is 16.7 Å². The van der Waals surface area contributed by atoms with Gasteiger partial charge in [0.25, 0.3) is 5.69 Å². The Labute approximate surface area is 214 Å². The maximum Gasteiger partial charge on any atom is 0.306 e. The second kappa shape index (κ2) is 11.9. The minimum Gasteiger partial charge on any atom is -0.466 e. The van der Waals surface area contributed by atoms with Crippen molar-refractivity contribution in [1.29, 1.82) is 0 Å². The fourth-order valence-electron chi connectivity index (χ4n) is 4.30. The second-order valence-electron chi connectivity index (χ2n) is 8.67. The normalized spacial score (nSPS) is 12.7. The van der Waals surface area contributed by atoms with Crippen molar-refractivity contribution < 1.29 is 24.0 Å². The fraction of sp³-hybridized carbons (Fsp3) is 0.250. The molecule has 2 amide bonds. The third-order valence-corrected chi connectivity index (χ3v) is 6.38. The number of ether oxygens (including phenoxy) is 1. The van der Waals surface area contributed by atoms with Gasteiger partial charge < -0.3 is 15.8 Å². The molecule has 0 heterocycles. The van der Waals surface area contributed by atoms with Crippen LogP contribution in [0, 0.1) is 10.1 Å². The van der Waals surface area contributed by atoms with Gasteiger partial charge in [-0.3, -0.25) is 24.5 Å². The van der Waals surface area contributed by atoms with Crippen molar-refractivity contribution in [3.8, 4) is 0 Å². The number of benzene rings is 3. The molecule has 0 aliphatic rings.